The summed E-state index contributed by atoms with van der Waals surface area (Å²) in [6, 6.07) is 17.1. The molecule has 3 aromatic rings. The van der Waals surface area contributed by atoms with Gasteiger partial charge in [-0.3, -0.25) is 9.59 Å². The second-order valence-electron chi connectivity index (χ2n) is 9.34. The quantitative estimate of drug-likeness (QED) is 0.502. The van der Waals surface area contributed by atoms with E-state index in [9.17, 15) is 14.0 Å². The van der Waals surface area contributed by atoms with Gasteiger partial charge in [0.2, 0.25) is 11.8 Å². The van der Waals surface area contributed by atoms with Gasteiger partial charge in [0.05, 0.1) is 18.4 Å². The Labute approximate surface area is 211 Å². The van der Waals surface area contributed by atoms with Crippen LogP contribution in [-0.2, 0) is 9.59 Å². The SMILES string of the molecule is Cc1ccc(C(C)CN[C@H](C(=O)Nc2ccc(N3CCN(C)C(=O)C3)cn2)c2cccc(F)c2)cc1. The number of hydrogen-bond acceptors (Lipinski definition) is 5. The molecule has 1 unspecified atom stereocenters. The third-order valence-electron chi connectivity index (χ3n) is 6.54. The van der Waals surface area contributed by atoms with Crippen LogP contribution in [0.2, 0.25) is 0 Å². The van der Waals surface area contributed by atoms with Crippen LogP contribution in [0.5, 0.6) is 0 Å². The maximum atomic E-state index is 14.0. The Hall–Kier alpha value is -3.78. The molecule has 1 fully saturated rings. The number of pyridine rings is 1. The van der Waals surface area contributed by atoms with Crippen molar-refractivity contribution in [3.8, 4) is 0 Å². The topological polar surface area (TPSA) is 77.6 Å². The van der Waals surface area contributed by atoms with Gasteiger partial charge in [-0.1, -0.05) is 48.9 Å². The third kappa shape index (κ3) is 6.26. The Morgan fingerprint density at radius 3 is 2.53 bits per heavy atom. The van der Waals surface area contributed by atoms with Gasteiger partial charge in [-0.2, -0.15) is 0 Å². The van der Waals surface area contributed by atoms with E-state index in [2.05, 4.69) is 46.8 Å². The molecule has 2 heterocycles. The number of aryl methyl sites for hydroxylation is 1. The summed E-state index contributed by atoms with van der Waals surface area (Å²) in [5.41, 5.74) is 3.71. The van der Waals surface area contributed by atoms with E-state index in [1.165, 1.54) is 17.7 Å². The van der Waals surface area contributed by atoms with Crippen LogP contribution in [-0.4, -0.2) is 54.9 Å². The van der Waals surface area contributed by atoms with Gasteiger partial charge < -0.3 is 20.4 Å². The summed E-state index contributed by atoms with van der Waals surface area (Å²) in [6.07, 6.45) is 1.65. The number of carbonyl (C=O) groups is 2. The molecule has 8 heteroatoms. The molecular formula is C28H32FN5O2. The lowest BCUT2D eigenvalue weighted by Gasteiger charge is -2.33. The van der Waals surface area contributed by atoms with Gasteiger partial charge in [0, 0.05) is 26.7 Å². The highest BCUT2D eigenvalue weighted by atomic mass is 19.1. The van der Waals surface area contributed by atoms with Gasteiger partial charge in [0.25, 0.3) is 0 Å². The van der Waals surface area contributed by atoms with Crippen molar-refractivity contribution in [3.63, 3.8) is 0 Å². The summed E-state index contributed by atoms with van der Waals surface area (Å²) < 4.78 is 14.0. The predicted octanol–water partition coefficient (Wildman–Crippen LogP) is 3.88. The first-order chi connectivity index (χ1) is 17.3. The van der Waals surface area contributed by atoms with Crippen LogP contribution in [0.4, 0.5) is 15.9 Å². The molecule has 188 valence electrons. The van der Waals surface area contributed by atoms with Gasteiger partial charge in [-0.15, -0.1) is 0 Å². The minimum absolute atomic E-state index is 0.0579. The average molecular weight is 490 g/mol. The number of rotatable bonds is 8. The number of piperazine rings is 1. The van der Waals surface area contributed by atoms with E-state index in [4.69, 9.17) is 0 Å². The van der Waals surface area contributed by atoms with Crippen LogP contribution in [0.25, 0.3) is 0 Å². The first-order valence-electron chi connectivity index (χ1n) is 12.1. The molecule has 0 spiro atoms. The van der Waals surface area contributed by atoms with Gasteiger partial charge in [-0.05, 0) is 48.2 Å². The van der Waals surface area contributed by atoms with Gasteiger partial charge in [-0.25, -0.2) is 9.37 Å². The van der Waals surface area contributed by atoms with Crippen LogP contribution in [0.15, 0.2) is 66.9 Å². The summed E-state index contributed by atoms with van der Waals surface area (Å²) in [7, 11) is 1.79. The highest BCUT2D eigenvalue weighted by Gasteiger charge is 2.24. The molecule has 36 heavy (non-hydrogen) atoms. The van der Waals surface area contributed by atoms with Gasteiger partial charge in [0.1, 0.15) is 17.7 Å². The zero-order valence-corrected chi connectivity index (χ0v) is 20.9. The first-order valence-corrected chi connectivity index (χ1v) is 12.1. The Morgan fingerprint density at radius 1 is 1.08 bits per heavy atom. The summed E-state index contributed by atoms with van der Waals surface area (Å²) in [4.78, 5) is 33.4. The van der Waals surface area contributed by atoms with Gasteiger partial charge in [0.15, 0.2) is 0 Å². The summed E-state index contributed by atoms with van der Waals surface area (Å²) >= 11 is 0. The summed E-state index contributed by atoms with van der Waals surface area (Å²) in [5, 5.41) is 6.16. The lowest BCUT2D eigenvalue weighted by molar-refractivity contribution is -0.129. The molecule has 2 amide bonds. The summed E-state index contributed by atoms with van der Waals surface area (Å²) in [5.74, 6) is -0.130. The predicted molar refractivity (Wildman–Crippen MR) is 139 cm³/mol. The number of anilines is 2. The minimum Gasteiger partial charge on any atom is -0.359 e. The van der Waals surface area contributed by atoms with Crippen molar-refractivity contribution in [2.75, 3.05) is 43.4 Å². The Balaban J connectivity index is 1.45. The second kappa shape index (κ2) is 11.3. The molecule has 0 aliphatic carbocycles. The normalized spacial score (nSPS) is 15.5. The molecule has 2 atom stereocenters. The number of benzene rings is 2. The highest BCUT2D eigenvalue weighted by molar-refractivity contribution is 5.95. The fourth-order valence-electron chi connectivity index (χ4n) is 4.18. The monoisotopic (exact) mass is 489 g/mol. The number of amides is 2. The zero-order valence-electron chi connectivity index (χ0n) is 20.9. The summed E-state index contributed by atoms with van der Waals surface area (Å²) in [6.45, 7) is 6.33. The van der Waals surface area contributed by atoms with E-state index in [1.54, 1.807) is 36.3 Å². The van der Waals surface area contributed by atoms with Crippen molar-refractivity contribution in [2.24, 2.45) is 0 Å². The number of nitrogens with one attached hydrogen (secondary N) is 2. The fraction of sp³-hybridized carbons (Fsp3) is 0.321. The molecule has 4 rings (SSSR count). The Morgan fingerprint density at radius 2 is 1.86 bits per heavy atom. The number of hydrogen-bond donors (Lipinski definition) is 2. The Kier molecular flexibility index (Phi) is 7.95. The van der Waals surface area contributed by atoms with E-state index < -0.39 is 11.9 Å². The molecular weight excluding hydrogens is 457 g/mol. The number of halogens is 1. The Bertz CT molecular complexity index is 1200. The van der Waals surface area contributed by atoms with Crippen LogP contribution in [0, 0.1) is 12.7 Å². The van der Waals surface area contributed by atoms with E-state index in [0.717, 1.165) is 17.8 Å². The largest absolute Gasteiger partial charge is 0.359 e. The number of carbonyl (C=O) groups excluding carboxylic acids is 2. The standard InChI is InChI=1S/C28H32FN5O2/c1-19-7-9-21(10-8-19)20(2)16-31-27(22-5-4-6-23(29)15-22)28(36)32-25-12-11-24(17-30-25)34-14-13-33(3)26(35)18-34/h4-12,15,17,20,27,31H,13-14,16,18H2,1-3H3,(H,30,32,36)/t20?,27-/m0/s1. The molecule has 2 N–H and O–H groups in total. The third-order valence-corrected chi connectivity index (χ3v) is 6.54. The smallest absolute Gasteiger partial charge is 0.247 e. The van der Waals surface area contributed by atoms with E-state index in [0.29, 0.717) is 31.0 Å². The van der Waals surface area contributed by atoms with E-state index >= 15 is 0 Å². The lowest BCUT2D eigenvalue weighted by Crippen LogP contribution is -2.48. The van der Waals surface area contributed by atoms with Crippen molar-refractivity contribution in [3.05, 3.63) is 89.4 Å². The molecule has 0 radical (unpaired) electrons. The van der Waals surface area contributed by atoms with Crippen molar-refractivity contribution in [1.29, 1.82) is 0 Å². The highest BCUT2D eigenvalue weighted by Crippen LogP contribution is 2.22. The second-order valence-corrected chi connectivity index (χ2v) is 9.34. The van der Waals surface area contributed by atoms with Crippen molar-refractivity contribution in [1.82, 2.24) is 15.2 Å². The minimum atomic E-state index is -0.759. The zero-order chi connectivity index (χ0) is 25.7. The van der Waals surface area contributed by atoms with Crippen LogP contribution >= 0.6 is 0 Å². The van der Waals surface area contributed by atoms with Crippen molar-refractivity contribution in [2.45, 2.75) is 25.8 Å². The van der Waals surface area contributed by atoms with E-state index in [-0.39, 0.29) is 17.7 Å². The van der Waals surface area contributed by atoms with E-state index in [1.807, 2.05) is 17.9 Å². The molecule has 1 aromatic heterocycles. The van der Waals surface area contributed by atoms with Crippen LogP contribution in [0.1, 0.15) is 35.6 Å². The number of nitrogens with zero attached hydrogens (tertiary/aromatic N) is 3. The van der Waals surface area contributed by atoms with Crippen molar-refractivity contribution >= 4 is 23.3 Å². The maximum Gasteiger partial charge on any atom is 0.247 e. The van der Waals surface area contributed by atoms with Crippen LogP contribution in [0.3, 0.4) is 0 Å². The first kappa shape index (κ1) is 25.3. The number of aromatic nitrogens is 1. The molecule has 2 aromatic carbocycles. The maximum absolute atomic E-state index is 14.0. The molecule has 0 saturated carbocycles. The fourth-order valence-corrected chi connectivity index (χ4v) is 4.18. The average Bonchev–Trinajstić information content (AvgIpc) is 2.87. The molecule has 1 aliphatic heterocycles. The van der Waals surface area contributed by atoms with Crippen LogP contribution < -0.4 is 15.5 Å². The van der Waals surface area contributed by atoms with Gasteiger partial charge >= 0.3 is 0 Å². The molecule has 1 saturated heterocycles. The lowest BCUT2D eigenvalue weighted by atomic mass is 9.98. The molecule has 0 bridgehead atoms. The molecule has 1 aliphatic rings. The van der Waals surface area contributed by atoms with Crippen molar-refractivity contribution < 1.29 is 14.0 Å². The molecule has 7 nitrogen and oxygen atoms in total. The number of likely N-dealkylation sites (N-methyl/N-ethyl adjacent to an activating group) is 1.